The van der Waals surface area contributed by atoms with Crippen LogP contribution in [0.15, 0.2) is 18.2 Å². The van der Waals surface area contributed by atoms with E-state index in [4.69, 9.17) is 4.74 Å². The van der Waals surface area contributed by atoms with Crippen molar-refractivity contribution in [1.82, 2.24) is 15.3 Å². The van der Waals surface area contributed by atoms with Gasteiger partial charge in [-0.1, -0.05) is 6.07 Å². The van der Waals surface area contributed by atoms with E-state index in [1.54, 1.807) is 13.2 Å². The molecule has 2 aromatic rings. The zero-order valence-electron chi connectivity index (χ0n) is 14.5. The van der Waals surface area contributed by atoms with Crippen LogP contribution < -0.4 is 20.3 Å². The summed E-state index contributed by atoms with van der Waals surface area (Å²) >= 11 is 0. The SMILES string of the molecule is COc1cc(Cc2cc(F)c3c(c2)CC(=O)N3)nc(N2CCNCC2)n1. The molecule has 0 bridgehead atoms. The monoisotopic (exact) mass is 357 g/mol. The topological polar surface area (TPSA) is 79.4 Å². The van der Waals surface area contributed by atoms with Gasteiger partial charge in [0.2, 0.25) is 17.7 Å². The van der Waals surface area contributed by atoms with Crippen molar-refractivity contribution in [2.24, 2.45) is 0 Å². The summed E-state index contributed by atoms with van der Waals surface area (Å²) in [7, 11) is 1.57. The number of amides is 1. The van der Waals surface area contributed by atoms with Gasteiger partial charge in [-0.05, 0) is 17.2 Å². The van der Waals surface area contributed by atoms with E-state index in [2.05, 4.69) is 25.5 Å². The minimum atomic E-state index is -0.410. The second kappa shape index (κ2) is 6.87. The average Bonchev–Trinajstić information content (AvgIpc) is 3.03. The number of hydrogen-bond acceptors (Lipinski definition) is 6. The number of halogens is 1. The van der Waals surface area contributed by atoms with Gasteiger partial charge in [0.1, 0.15) is 5.82 Å². The molecule has 0 unspecified atom stereocenters. The molecule has 4 rings (SSSR count). The Kier molecular flexibility index (Phi) is 4.42. The molecule has 7 nitrogen and oxygen atoms in total. The third-order valence-electron chi connectivity index (χ3n) is 4.59. The normalized spacial score (nSPS) is 16.4. The zero-order valence-corrected chi connectivity index (χ0v) is 14.5. The Bertz CT molecular complexity index is 852. The Balaban J connectivity index is 1.63. The molecule has 8 heteroatoms. The predicted octanol–water partition coefficient (Wildman–Crippen LogP) is 1.12. The molecule has 0 radical (unpaired) electrons. The summed E-state index contributed by atoms with van der Waals surface area (Å²) in [5.41, 5.74) is 2.50. The Labute approximate surface area is 150 Å². The van der Waals surface area contributed by atoms with Crippen molar-refractivity contribution >= 4 is 17.5 Å². The first-order chi connectivity index (χ1) is 12.6. The first kappa shape index (κ1) is 16.7. The Morgan fingerprint density at radius 1 is 1.23 bits per heavy atom. The molecular formula is C18H20FN5O2. The smallest absolute Gasteiger partial charge is 0.228 e. The maximum absolute atomic E-state index is 14.3. The van der Waals surface area contributed by atoms with E-state index in [9.17, 15) is 9.18 Å². The molecule has 2 aliphatic heterocycles. The fourth-order valence-corrected chi connectivity index (χ4v) is 3.33. The minimum Gasteiger partial charge on any atom is -0.481 e. The lowest BCUT2D eigenvalue weighted by Crippen LogP contribution is -2.44. The predicted molar refractivity (Wildman–Crippen MR) is 95.2 cm³/mol. The molecule has 1 aromatic heterocycles. The van der Waals surface area contributed by atoms with Crippen LogP contribution in [0, 0.1) is 5.82 Å². The number of piperazine rings is 1. The van der Waals surface area contributed by atoms with Gasteiger partial charge in [-0.15, -0.1) is 0 Å². The third kappa shape index (κ3) is 3.32. The molecule has 2 N–H and O–H groups in total. The first-order valence-corrected chi connectivity index (χ1v) is 8.61. The lowest BCUT2D eigenvalue weighted by atomic mass is 10.0. The van der Waals surface area contributed by atoms with Crippen LogP contribution in [-0.4, -0.2) is 49.2 Å². The molecule has 26 heavy (non-hydrogen) atoms. The highest BCUT2D eigenvalue weighted by Crippen LogP contribution is 2.29. The molecule has 1 fully saturated rings. The number of nitrogens with one attached hydrogen (secondary N) is 2. The van der Waals surface area contributed by atoms with Gasteiger partial charge in [0.25, 0.3) is 0 Å². The second-order valence-electron chi connectivity index (χ2n) is 6.45. The van der Waals surface area contributed by atoms with E-state index in [0.29, 0.717) is 29.5 Å². The molecule has 0 atom stereocenters. The average molecular weight is 357 g/mol. The van der Waals surface area contributed by atoms with E-state index >= 15 is 0 Å². The first-order valence-electron chi connectivity index (χ1n) is 8.61. The highest BCUT2D eigenvalue weighted by atomic mass is 19.1. The molecular weight excluding hydrogens is 337 g/mol. The van der Waals surface area contributed by atoms with Crippen molar-refractivity contribution < 1.29 is 13.9 Å². The van der Waals surface area contributed by atoms with E-state index in [0.717, 1.165) is 37.4 Å². The highest BCUT2D eigenvalue weighted by molar-refractivity contribution is 5.99. The van der Waals surface area contributed by atoms with Gasteiger partial charge in [-0.3, -0.25) is 4.79 Å². The number of carbonyl (C=O) groups excluding carboxylic acids is 1. The van der Waals surface area contributed by atoms with Gasteiger partial charge in [0.15, 0.2) is 0 Å². The molecule has 3 heterocycles. The summed E-state index contributed by atoms with van der Waals surface area (Å²) in [6, 6.07) is 5.07. The molecule has 1 amide bonds. The van der Waals surface area contributed by atoms with Gasteiger partial charge in [-0.25, -0.2) is 9.37 Å². The van der Waals surface area contributed by atoms with Crippen LogP contribution in [0.4, 0.5) is 16.0 Å². The van der Waals surface area contributed by atoms with Crippen LogP contribution in [0.2, 0.25) is 0 Å². The number of carbonyl (C=O) groups is 1. The number of fused-ring (bicyclic) bond motifs is 1. The quantitative estimate of drug-likeness (QED) is 0.854. The molecule has 0 saturated carbocycles. The molecule has 0 spiro atoms. The molecule has 1 aromatic carbocycles. The van der Waals surface area contributed by atoms with Crippen molar-refractivity contribution in [1.29, 1.82) is 0 Å². The molecule has 1 saturated heterocycles. The lowest BCUT2D eigenvalue weighted by molar-refractivity contribution is -0.115. The fraction of sp³-hybridized carbons (Fsp3) is 0.389. The van der Waals surface area contributed by atoms with Gasteiger partial charge in [-0.2, -0.15) is 4.98 Å². The number of nitrogens with zero attached hydrogens (tertiary/aromatic N) is 3. The van der Waals surface area contributed by atoms with Crippen LogP contribution in [0.3, 0.4) is 0 Å². The Morgan fingerprint density at radius 3 is 2.81 bits per heavy atom. The summed E-state index contributed by atoms with van der Waals surface area (Å²) < 4.78 is 19.6. The summed E-state index contributed by atoms with van der Waals surface area (Å²) in [5.74, 6) is 0.522. The zero-order chi connectivity index (χ0) is 18.1. The Hall–Kier alpha value is -2.74. The molecule has 0 aliphatic carbocycles. The van der Waals surface area contributed by atoms with Gasteiger partial charge in [0, 0.05) is 38.7 Å². The molecule has 2 aliphatic rings. The van der Waals surface area contributed by atoms with E-state index in [1.165, 1.54) is 6.07 Å². The summed E-state index contributed by atoms with van der Waals surface area (Å²) in [4.78, 5) is 22.7. The van der Waals surface area contributed by atoms with Gasteiger partial charge < -0.3 is 20.3 Å². The van der Waals surface area contributed by atoms with Crippen LogP contribution in [0.25, 0.3) is 0 Å². The number of methoxy groups -OCH3 is 1. The lowest BCUT2D eigenvalue weighted by Gasteiger charge is -2.27. The second-order valence-corrected chi connectivity index (χ2v) is 6.45. The van der Waals surface area contributed by atoms with E-state index < -0.39 is 5.82 Å². The minimum absolute atomic E-state index is 0.180. The van der Waals surface area contributed by atoms with Crippen LogP contribution in [0.5, 0.6) is 5.88 Å². The number of aromatic nitrogens is 2. The van der Waals surface area contributed by atoms with Crippen molar-refractivity contribution in [3.8, 4) is 5.88 Å². The van der Waals surface area contributed by atoms with Crippen LogP contribution in [-0.2, 0) is 17.6 Å². The number of rotatable bonds is 4. The number of benzene rings is 1. The third-order valence-corrected chi connectivity index (χ3v) is 4.59. The van der Waals surface area contributed by atoms with Crippen molar-refractivity contribution in [3.05, 3.63) is 40.8 Å². The van der Waals surface area contributed by atoms with E-state index in [1.807, 2.05) is 6.07 Å². The number of ether oxygens (including phenoxy) is 1. The summed E-state index contributed by atoms with van der Waals surface area (Å²) in [6.07, 6.45) is 0.648. The Morgan fingerprint density at radius 2 is 2.04 bits per heavy atom. The maximum Gasteiger partial charge on any atom is 0.228 e. The number of hydrogen-bond donors (Lipinski definition) is 2. The van der Waals surface area contributed by atoms with Gasteiger partial charge >= 0.3 is 0 Å². The number of anilines is 2. The van der Waals surface area contributed by atoms with Crippen LogP contribution in [0.1, 0.15) is 16.8 Å². The van der Waals surface area contributed by atoms with Crippen LogP contribution >= 0.6 is 0 Å². The standard InChI is InChI=1S/C18H20FN5O2/c1-26-16-10-13(21-18(23-16)24-4-2-20-3-5-24)7-11-6-12-9-15(25)22-17(12)14(19)8-11/h6,8,10,20H,2-5,7,9H2,1H3,(H,22,25). The largest absolute Gasteiger partial charge is 0.481 e. The summed E-state index contributed by atoms with van der Waals surface area (Å²) in [5, 5.41) is 5.85. The van der Waals surface area contributed by atoms with Crippen molar-refractivity contribution in [2.75, 3.05) is 43.5 Å². The van der Waals surface area contributed by atoms with Crippen molar-refractivity contribution in [3.63, 3.8) is 0 Å². The van der Waals surface area contributed by atoms with Gasteiger partial charge in [0.05, 0.1) is 24.9 Å². The summed E-state index contributed by atoms with van der Waals surface area (Å²) in [6.45, 7) is 3.42. The van der Waals surface area contributed by atoms with Crippen molar-refractivity contribution in [2.45, 2.75) is 12.8 Å². The molecule has 136 valence electrons. The fourth-order valence-electron chi connectivity index (χ4n) is 3.33. The maximum atomic E-state index is 14.3. The highest BCUT2D eigenvalue weighted by Gasteiger charge is 2.22. The van der Waals surface area contributed by atoms with E-state index in [-0.39, 0.29) is 12.3 Å².